The Balaban J connectivity index is 2.07. The van der Waals surface area contributed by atoms with Gasteiger partial charge in [-0.05, 0) is 55.7 Å². The predicted molar refractivity (Wildman–Crippen MR) is 79.5 cm³/mol. The van der Waals surface area contributed by atoms with E-state index < -0.39 is 11.3 Å². The summed E-state index contributed by atoms with van der Waals surface area (Å²) in [7, 11) is 0. The second kappa shape index (κ2) is 5.89. The van der Waals surface area contributed by atoms with Crippen molar-refractivity contribution in [2.24, 2.45) is 0 Å². The van der Waals surface area contributed by atoms with Gasteiger partial charge in [0.05, 0.1) is 0 Å². The Hall–Kier alpha value is -1.81. The smallest absolute Gasteiger partial charge is 0.316 e. The molecule has 2 aromatic carbocycles. The van der Waals surface area contributed by atoms with Crippen molar-refractivity contribution in [3.8, 4) is 5.75 Å². The quantitative estimate of drug-likeness (QED) is 0.924. The van der Waals surface area contributed by atoms with E-state index in [-0.39, 0.29) is 0 Å². The Morgan fingerprint density at radius 1 is 1.00 bits per heavy atom. The standard InChI is InChI=1S/C15H17NO2S/c1-11-5-4-6-14(9-11)16-19(17)18-15-10-12(2)7-8-13(15)3/h4-10,16H,1-3H3. The third-order valence-corrected chi connectivity index (χ3v) is 3.46. The molecule has 0 fully saturated rings. The van der Waals surface area contributed by atoms with Gasteiger partial charge in [0.1, 0.15) is 5.75 Å². The van der Waals surface area contributed by atoms with Gasteiger partial charge in [-0.3, -0.25) is 4.72 Å². The molecule has 0 aliphatic rings. The fourth-order valence-corrected chi connectivity index (χ4v) is 2.41. The topological polar surface area (TPSA) is 38.3 Å². The fourth-order valence-electron chi connectivity index (χ4n) is 1.70. The Morgan fingerprint density at radius 3 is 2.47 bits per heavy atom. The average molecular weight is 275 g/mol. The molecule has 0 aliphatic heterocycles. The minimum atomic E-state index is -1.60. The zero-order valence-corrected chi connectivity index (χ0v) is 12.1. The third kappa shape index (κ3) is 3.83. The average Bonchev–Trinajstić information content (AvgIpc) is 2.34. The highest BCUT2D eigenvalue weighted by atomic mass is 32.2. The lowest BCUT2D eigenvalue weighted by Crippen LogP contribution is -2.11. The second-order valence-electron chi connectivity index (χ2n) is 4.56. The molecular weight excluding hydrogens is 258 g/mol. The van der Waals surface area contributed by atoms with E-state index in [9.17, 15) is 4.21 Å². The zero-order valence-electron chi connectivity index (χ0n) is 11.3. The maximum Gasteiger partial charge on any atom is 0.316 e. The molecule has 3 nitrogen and oxygen atoms in total. The van der Waals surface area contributed by atoms with Crippen LogP contribution in [0, 0.1) is 20.8 Å². The van der Waals surface area contributed by atoms with E-state index >= 15 is 0 Å². The molecule has 1 unspecified atom stereocenters. The van der Waals surface area contributed by atoms with Gasteiger partial charge in [0.15, 0.2) is 0 Å². The molecule has 0 aliphatic carbocycles. The lowest BCUT2D eigenvalue weighted by atomic mass is 10.1. The van der Waals surface area contributed by atoms with Crippen molar-refractivity contribution in [2.75, 3.05) is 4.72 Å². The van der Waals surface area contributed by atoms with Crippen LogP contribution in [0.15, 0.2) is 42.5 Å². The van der Waals surface area contributed by atoms with Crippen LogP contribution in [0.1, 0.15) is 16.7 Å². The summed E-state index contributed by atoms with van der Waals surface area (Å²) >= 11 is -1.60. The first-order valence-corrected chi connectivity index (χ1v) is 7.13. The minimum absolute atomic E-state index is 0.637. The van der Waals surface area contributed by atoms with Crippen LogP contribution in [0.25, 0.3) is 0 Å². The summed E-state index contributed by atoms with van der Waals surface area (Å²) < 4.78 is 20.2. The first-order valence-electron chi connectivity index (χ1n) is 6.05. The molecule has 2 aromatic rings. The van der Waals surface area contributed by atoms with Crippen molar-refractivity contribution in [2.45, 2.75) is 20.8 Å². The van der Waals surface area contributed by atoms with Crippen LogP contribution in [-0.2, 0) is 11.3 Å². The van der Waals surface area contributed by atoms with Gasteiger partial charge >= 0.3 is 11.3 Å². The van der Waals surface area contributed by atoms with E-state index in [0.29, 0.717) is 5.75 Å². The normalized spacial score (nSPS) is 11.9. The lowest BCUT2D eigenvalue weighted by Gasteiger charge is -2.10. The number of rotatable bonds is 4. The molecule has 1 N–H and O–H groups in total. The molecule has 1 atom stereocenters. The molecular formula is C15H17NO2S. The van der Waals surface area contributed by atoms with E-state index in [1.807, 2.05) is 63.2 Å². The van der Waals surface area contributed by atoms with Crippen molar-refractivity contribution >= 4 is 17.0 Å². The van der Waals surface area contributed by atoms with Crippen molar-refractivity contribution in [1.82, 2.24) is 0 Å². The highest BCUT2D eigenvalue weighted by molar-refractivity contribution is 7.81. The molecule has 0 amide bonds. The van der Waals surface area contributed by atoms with Gasteiger partial charge in [-0.1, -0.05) is 24.3 Å². The van der Waals surface area contributed by atoms with E-state index in [1.165, 1.54) is 0 Å². The van der Waals surface area contributed by atoms with E-state index in [0.717, 1.165) is 22.4 Å². The Kier molecular flexibility index (Phi) is 4.22. The molecule has 0 heterocycles. The van der Waals surface area contributed by atoms with Gasteiger partial charge in [-0.2, -0.15) is 4.21 Å². The van der Waals surface area contributed by atoms with Crippen LogP contribution < -0.4 is 8.91 Å². The molecule has 0 radical (unpaired) electrons. The van der Waals surface area contributed by atoms with Gasteiger partial charge in [0.2, 0.25) is 0 Å². The van der Waals surface area contributed by atoms with Crippen molar-refractivity contribution in [3.05, 3.63) is 59.2 Å². The highest BCUT2D eigenvalue weighted by Crippen LogP contribution is 2.20. The van der Waals surface area contributed by atoms with Crippen LogP contribution in [0.5, 0.6) is 5.75 Å². The van der Waals surface area contributed by atoms with Crippen LogP contribution in [0.3, 0.4) is 0 Å². The largest absolute Gasteiger partial charge is 0.385 e. The SMILES string of the molecule is Cc1cccc(NS(=O)Oc2cc(C)ccc2C)c1. The Morgan fingerprint density at radius 2 is 1.74 bits per heavy atom. The summed E-state index contributed by atoms with van der Waals surface area (Å²) in [5.74, 6) is 0.637. The van der Waals surface area contributed by atoms with E-state index in [2.05, 4.69) is 4.72 Å². The molecule has 0 saturated heterocycles. The van der Waals surface area contributed by atoms with Crippen molar-refractivity contribution < 1.29 is 8.39 Å². The van der Waals surface area contributed by atoms with Crippen molar-refractivity contribution in [1.29, 1.82) is 0 Å². The molecule has 0 bridgehead atoms. The lowest BCUT2D eigenvalue weighted by molar-refractivity contribution is 0.563. The summed E-state index contributed by atoms with van der Waals surface area (Å²) in [5, 5.41) is 0. The Labute approximate surface area is 116 Å². The predicted octanol–water partition coefficient (Wildman–Crippen LogP) is 3.68. The maximum atomic E-state index is 11.9. The number of hydrogen-bond acceptors (Lipinski definition) is 2. The molecule has 0 spiro atoms. The van der Waals surface area contributed by atoms with Crippen LogP contribution >= 0.6 is 0 Å². The first-order chi connectivity index (χ1) is 9.04. The van der Waals surface area contributed by atoms with Gasteiger partial charge in [0, 0.05) is 5.69 Å². The maximum absolute atomic E-state index is 11.9. The summed E-state index contributed by atoms with van der Waals surface area (Å²) in [5.41, 5.74) is 3.93. The Bertz CT molecular complexity index is 611. The molecule has 19 heavy (non-hydrogen) atoms. The molecule has 0 saturated carbocycles. The molecule has 2 rings (SSSR count). The van der Waals surface area contributed by atoms with E-state index in [1.54, 1.807) is 0 Å². The molecule has 0 aromatic heterocycles. The summed E-state index contributed by atoms with van der Waals surface area (Å²) in [4.78, 5) is 0. The third-order valence-electron chi connectivity index (χ3n) is 2.73. The number of aryl methyl sites for hydroxylation is 3. The zero-order chi connectivity index (χ0) is 13.8. The minimum Gasteiger partial charge on any atom is -0.385 e. The first kappa shape index (κ1) is 13.6. The summed E-state index contributed by atoms with van der Waals surface area (Å²) in [6.45, 7) is 5.89. The van der Waals surface area contributed by atoms with Crippen molar-refractivity contribution in [3.63, 3.8) is 0 Å². The number of hydrogen-bond donors (Lipinski definition) is 1. The van der Waals surface area contributed by atoms with Crippen LogP contribution in [-0.4, -0.2) is 4.21 Å². The van der Waals surface area contributed by atoms with Gasteiger partial charge < -0.3 is 4.18 Å². The van der Waals surface area contributed by atoms with Gasteiger partial charge in [0.25, 0.3) is 0 Å². The fraction of sp³-hybridized carbons (Fsp3) is 0.200. The monoisotopic (exact) mass is 275 g/mol. The second-order valence-corrected chi connectivity index (χ2v) is 5.40. The summed E-state index contributed by atoms with van der Waals surface area (Å²) in [6, 6.07) is 13.5. The molecule has 4 heteroatoms. The molecule has 100 valence electrons. The van der Waals surface area contributed by atoms with Gasteiger partial charge in [-0.15, -0.1) is 0 Å². The number of nitrogens with one attached hydrogen (secondary N) is 1. The number of anilines is 1. The van der Waals surface area contributed by atoms with Crippen LogP contribution in [0.2, 0.25) is 0 Å². The van der Waals surface area contributed by atoms with Crippen LogP contribution in [0.4, 0.5) is 5.69 Å². The van der Waals surface area contributed by atoms with Gasteiger partial charge in [-0.25, -0.2) is 0 Å². The highest BCUT2D eigenvalue weighted by Gasteiger charge is 2.06. The van der Waals surface area contributed by atoms with E-state index in [4.69, 9.17) is 4.18 Å². The summed E-state index contributed by atoms with van der Waals surface area (Å²) in [6.07, 6.45) is 0. The number of benzene rings is 2.